The van der Waals surface area contributed by atoms with Crippen molar-refractivity contribution >= 4 is 34.2 Å². The van der Waals surface area contributed by atoms with E-state index in [1.165, 1.54) is 17.4 Å². The standard InChI is InChI=1S/C19H22N2O4S/c1-4-13-11-14(18(20)23)19(26-13)21-17(22)9-7-12-6-8-15(25-5-2)16(10-12)24-3/h6-11H,4-5H2,1-3H3,(H2,20,23)(H,21,22)/b9-7+. The molecule has 0 bridgehead atoms. The van der Waals surface area contributed by atoms with Gasteiger partial charge in [0.25, 0.3) is 5.91 Å². The molecule has 0 saturated carbocycles. The number of carbonyl (C=O) groups is 2. The molecule has 138 valence electrons. The first-order valence-corrected chi connectivity index (χ1v) is 9.02. The van der Waals surface area contributed by atoms with Crippen LogP contribution in [0.4, 0.5) is 5.00 Å². The molecule has 2 rings (SSSR count). The van der Waals surface area contributed by atoms with Crippen molar-refractivity contribution in [3.05, 3.63) is 46.3 Å². The SMILES string of the molecule is CCOc1ccc(/C=C/C(=O)Nc2sc(CC)cc2C(N)=O)cc1OC. The lowest BCUT2D eigenvalue weighted by molar-refractivity contribution is -0.111. The minimum Gasteiger partial charge on any atom is -0.493 e. The van der Waals surface area contributed by atoms with E-state index < -0.39 is 5.91 Å². The van der Waals surface area contributed by atoms with E-state index in [1.807, 2.05) is 19.9 Å². The molecule has 2 aromatic rings. The van der Waals surface area contributed by atoms with Crippen LogP contribution in [0.1, 0.15) is 34.6 Å². The first kappa shape index (κ1) is 19.5. The summed E-state index contributed by atoms with van der Waals surface area (Å²) < 4.78 is 10.8. The Balaban J connectivity index is 2.13. The number of thiophene rings is 1. The summed E-state index contributed by atoms with van der Waals surface area (Å²) in [5, 5.41) is 3.18. The summed E-state index contributed by atoms with van der Waals surface area (Å²) in [4.78, 5) is 24.7. The predicted molar refractivity (Wildman–Crippen MR) is 104 cm³/mol. The van der Waals surface area contributed by atoms with Crippen LogP contribution in [0, 0.1) is 0 Å². The number of hydrogen-bond donors (Lipinski definition) is 2. The monoisotopic (exact) mass is 374 g/mol. The summed E-state index contributed by atoms with van der Waals surface area (Å²) in [6.45, 7) is 4.41. The first-order valence-electron chi connectivity index (χ1n) is 8.20. The number of hydrogen-bond acceptors (Lipinski definition) is 5. The van der Waals surface area contributed by atoms with Crippen molar-refractivity contribution in [2.24, 2.45) is 5.73 Å². The highest BCUT2D eigenvalue weighted by Gasteiger charge is 2.14. The van der Waals surface area contributed by atoms with Crippen LogP contribution in [0.15, 0.2) is 30.3 Å². The molecule has 1 heterocycles. The fourth-order valence-corrected chi connectivity index (χ4v) is 3.28. The summed E-state index contributed by atoms with van der Waals surface area (Å²) in [5.74, 6) is 0.339. The number of methoxy groups -OCH3 is 1. The Labute approximate surface area is 156 Å². The zero-order valence-electron chi connectivity index (χ0n) is 15.0. The molecular weight excluding hydrogens is 352 g/mol. The predicted octanol–water partition coefficient (Wildman–Crippen LogP) is 3.47. The minimum atomic E-state index is -0.559. The molecule has 6 nitrogen and oxygen atoms in total. The lowest BCUT2D eigenvalue weighted by atomic mass is 10.2. The van der Waals surface area contributed by atoms with Crippen molar-refractivity contribution in [2.45, 2.75) is 20.3 Å². The van der Waals surface area contributed by atoms with Crippen molar-refractivity contribution in [2.75, 3.05) is 19.0 Å². The molecule has 0 spiro atoms. The van der Waals surface area contributed by atoms with E-state index in [4.69, 9.17) is 15.2 Å². The van der Waals surface area contributed by atoms with Gasteiger partial charge < -0.3 is 20.5 Å². The van der Waals surface area contributed by atoms with Crippen LogP contribution in [0.5, 0.6) is 11.5 Å². The maximum Gasteiger partial charge on any atom is 0.251 e. The summed E-state index contributed by atoms with van der Waals surface area (Å²) in [7, 11) is 1.56. The third-order valence-corrected chi connectivity index (χ3v) is 4.74. The molecule has 0 radical (unpaired) electrons. The number of carbonyl (C=O) groups excluding carboxylic acids is 2. The van der Waals surface area contributed by atoms with E-state index in [9.17, 15) is 9.59 Å². The highest BCUT2D eigenvalue weighted by atomic mass is 32.1. The van der Waals surface area contributed by atoms with Gasteiger partial charge in [0.1, 0.15) is 5.00 Å². The second-order valence-electron chi connectivity index (χ2n) is 5.34. The molecule has 0 fully saturated rings. The highest BCUT2D eigenvalue weighted by molar-refractivity contribution is 7.16. The van der Waals surface area contributed by atoms with Crippen molar-refractivity contribution in [3.8, 4) is 11.5 Å². The van der Waals surface area contributed by atoms with E-state index in [1.54, 1.807) is 31.4 Å². The van der Waals surface area contributed by atoms with Crippen LogP contribution in [-0.4, -0.2) is 25.5 Å². The normalized spacial score (nSPS) is 10.7. The van der Waals surface area contributed by atoms with Crippen molar-refractivity contribution < 1.29 is 19.1 Å². The van der Waals surface area contributed by atoms with Crippen molar-refractivity contribution in [1.82, 2.24) is 0 Å². The van der Waals surface area contributed by atoms with Gasteiger partial charge in [-0.1, -0.05) is 13.0 Å². The molecule has 1 aromatic carbocycles. The lowest BCUT2D eigenvalue weighted by Crippen LogP contribution is -2.14. The zero-order chi connectivity index (χ0) is 19.1. The second-order valence-corrected chi connectivity index (χ2v) is 6.48. The Bertz CT molecular complexity index is 827. The molecule has 2 amide bonds. The van der Waals surface area contributed by atoms with E-state index in [0.29, 0.717) is 28.7 Å². The van der Waals surface area contributed by atoms with Gasteiger partial charge in [-0.3, -0.25) is 9.59 Å². The third-order valence-electron chi connectivity index (χ3n) is 3.55. The summed E-state index contributed by atoms with van der Waals surface area (Å²) in [6, 6.07) is 7.11. The number of anilines is 1. The fraction of sp³-hybridized carbons (Fsp3) is 0.263. The van der Waals surface area contributed by atoms with Crippen LogP contribution < -0.4 is 20.5 Å². The Morgan fingerprint density at radius 1 is 1.23 bits per heavy atom. The molecule has 26 heavy (non-hydrogen) atoms. The van der Waals surface area contributed by atoms with Crippen LogP contribution in [0.3, 0.4) is 0 Å². The summed E-state index contributed by atoms with van der Waals surface area (Å²) >= 11 is 1.35. The Morgan fingerprint density at radius 2 is 2.00 bits per heavy atom. The maximum atomic E-state index is 12.2. The van der Waals surface area contributed by atoms with Crippen LogP contribution in [-0.2, 0) is 11.2 Å². The number of benzene rings is 1. The zero-order valence-corrected chi connectivity index (χ0v) is 15.8. The largest absolute Gasteiger partial charge is 0.493 e. The molecule has 0 saturated heterocycles. The van der Waals surface area contributed by atoms with Gasteiger partial charge in [0, 0.05) is 11.0 Å². The van der Waals surface area contributed by atoms with Gasteiger partial charge in [-0.15, -0.1) is 11.3 Å². The average molecular weight is 374 g/mol. The van der Waals surface area contributed by atoms with Crippen LogP contribution >= 0.6 is 11.3 Å². The number of nitrogens with one attached hydrogen (secondary N) is 1. The van der Waals surface area contributed by atoms with Crippen LogP contribution in [0.25, 0.3) is 6.08 Å². The van der Waals surface area contributed by atoms with E-state index >= 15 is 0 Å². The van der Waals surface area contributed by atoms with E-state index in [0.717, 1.165) is 16.9 Å². The first-order chi connectivity index (χ1) is 12.5. The smallest absolute Gasteiger partial charge is 0.251 e. The van der Waals surface area contributed by atoms with Gasteiger partial charge in [0.2, 0.25) is 5.91 Å². The summed E-state index contributed by atoms with van der Waals surface area (Å²) in [6.07, 6.45) is 3.82. The van der Waals surface area contributed by atoms with Gasteiger partial charge >= 0.3 is 0 Å². The number of ether oxygens (including phenoxy) is 2. The lowest BCUT2D eigenvalue weighted by Gasteiger charge is -2.09. The molecule has 0 aliphatic heterocycles. The molecular formula is C19H22N2O4S. The maximum absolute atomic E-state index is 12.2. The molecule has 0 aliphatic rings. The highest BCUT2D eigenvalue weighted by Crippen LogP contribution is 2.29. The van der Waals surface area contributed by atoms with Gasteiger partial charge in [-0.05, 0) is 43.2 Å². The fourth-order valence-electron chi connectivity index (χ4n) is 2.28. The average Bonchev–Trinajstić information content (AvgIpc) is 3.04. The number of rotatable bonds is 8. The second kappa shape index (κ2) is 9.05. The summed E-state index contributed by atoms with van der Waals surface area (Å²) in [5.41, 5.74) is 6.48. The van der Waals surface area contributed by atoms with Gasteiger partial charge in [-0.2, -0.15) is 0 Å². The number of aryl methyl sites for hydroxylation is 1. The van der Waals surface area contributed by atoms with Gasteiger partial charge in [0.05, 0.1) is 19.3 Å². The molecule has 0 atom stereocenters. The Kier molecular flexibility index (Phi) is 6.80. The molecule has 1 aromatic heterocycles. The quantitative estimate of drug-likeness (QED) is 0.692. The molecule has 0 unspecified atom stereocenters. The number of amides is 2. The topological polar surface area (TPSA) is 90.6 Å². The van der Waals surface area contributed by atoms with Gasteiger partial charge in [-0.25, -0.2) is 0 Å². The third kappa shape index (κ3) is 4.86. The van der Waals surface area contributed by atoms with Crippen molar-refractivity contribution in [1.29, 1.82) is 0 Å². The molecule has 0 aliphatic carbocycles. The van der Waals surface area contributed by atoms with E-state index in [2.05, 4.69) is 5.32 Å². The minimum absolute atomic E-state index is 0.330. The van der Waals surface area contributed by atoms with Crippen molar-refractivity contribution in [3.63, 3.8) is 0 Å². The molecule has 3 N–H and O–H groups in total. The van der Waals surface area contributed by atoms with Crippen LogP contribution in [0.2, 0.25) is 0 Å². The van der Waals surface area contributed by atoms with E-state index in [-0.39, 0.29) is 5.91 Å². The number of nitrogens with two attached hydrogens (primary N) is 1. The van der Waals surface area contributed by atoms with Gasteiger partial charge in [0.15, 0.2) is 11.5 Å². The Hall–Kier alpha value is -2.80. The molecule has 7 heteroatoms. The Morgan fingerprint density at radius 3 is 2.62 bits per heavy atom. The number of primary amides is 1.